The molecule has 1 aromatic carbocycles. The molecule has 0 bridgehead atoms. The number of amides is 2. The van der Waals surface area contributed by atoms with E-state index in [9.17, 15) is 14.4 Å². The van der Waals surface area contributed by atoms with Gasteiger partial charge in [0, 0.05) is 21.5 Å². The summed E-state index contributed by atoms with van der Waals surface area (Å²) in [5.74, 6) is -1.48. The van der Waals surface area contributed by atoms with Crippen molar-refractivity contribution < 1.29 is 14.4 Å². The first-order valence-electron chi connectivity index (χ1n) is 7.84. The number of carbonyl (C=O) groups excluding carboxylic acids is 3. The molecule has 2 N–H and O–H groups in total. The number of carbonyl (C=O) groups is 3. The van der Waals surface area contributed by atoms with Crippen molar-refractivity contribution in [3.63, 3.8) is 0 Å². The van der Waals surface area contributed by atoms with Gasteiger partial charge in [-0.3, -0.25) is 14.4 Å². The molecule has 3 rings (SSSR count). The first-order valence-corrected chi connectivity index (χ1v) is 9.60. The minimum Gasteiger partial charge on any atom is -0.343 e. The molecule has 5 nitrogen and oxygen atoms in total. The Balaban J connectivity index is 1.53. The van der Waals surface area contributed by atoms with Crippen LogP contribution >= 0.6 is 22.7 Å². The molecule has 132 valence electrons. The molecule has 0 aliphatic carbocycles. The van der Waals surface area contributed by atoms with Crippen LogP contribution in [0.3, 0.4) is 0 Å². The maximum Gasteiger partial charge on any atom is 0.313 e. The Hall–Kier alpha value is -2.77. The lowest BCUT2D eigenvalue weighted by atomic mass is 10.2. The van der Waals surface area contributed by atoms with Crippen molar-refractivity contribution in [3.8, 4) is 0 Å². The van der Waals surface area contributed by atoms with Crippen molar-refractivity contribution >= 4 is 46.0 Å². The first-order chi connectivity index (χ1) is 12.5. The minimum absolute atomic E-state index is 0.0362. The summed E-state index contributed by atoms with van der Waals surface area (Å²) in [6, 6.07) is 12.5. The maximum absolute atomic E-state index is 12.3. The number of nitrogens with one attached hydrogen (secondary N) is 2. The molecule has 2 heterocycles. The molecule has 2 amide bonds. The number of thiophene rings is 2. The summed E-state index contributed by atoms with van der Waals surface area (Å²) in [4.78, 5) is 37.5. The lowest BCUT2D eigenvalue weighted by molar-refractivity contribution is -0.136. The van der Waals surface area contributed by atoms with Crippen molar-refractivity contribution in [3.05, 3.63) is 74.1 Å². The van der Waals surface area contributed by atoms with Gasteiger partial charge in [-0.1, -0.05) is 17.7 Å². The summed E-state index contributed by atoms with van der Waals surface area (Å²) < 4.78 is 0. The van der Waals surface area contributed by atoms with Crippen LogP contribution in [0.1, 0.15) is 25.7 Å². The van der Waals surface area contributed by atoms with Crippen LogP contribution in [0.15, 0.2) is 53.2 Å². The molecule has 26 heavy (non-hydrogen) atoms. The van der Waals surface area contributed by atoms with Gasteiger partial charge >= 0.3 is 11.8 Å². The van der Waals surface area contributed by atoms with E-state index in [1.54, 1.807) is 35.7 Å². The van der Waals surface area contributed by atoms with Crippen LogP contribution < -0.4 is 10.6 Å². The second-order valence-electron chi connectivity index (χ2n) is 5.61. The summed E-state index contributed by atoms with van der Waals surface area (Å²) in [5, 5.41) is 8.77. The van der Waals surface area contributed by atoms with Crippen LogP contribution in [0.25, 0.3) is 0 Å². The lowest BCUT2D eigenvalue weighted by Crippen LogP contribution is -2.34. The Morgan fingerprint density at radius 2 is 1.73 bits per heavy atom. The number of hydrogen-bond donors (Lipinski definition) is 2. The van der Waals surface area contributed by atoms with E-state index in [0.29, 0.717) is 16.1 Å². The van der Waals surface area contributed by atoms with Crippen LogP contribution in [0.5, 0.6) is 0 Å². The SMILES string of the molecule is Cc1ccc(NC(=O)C(=O)NCc2ccc(C(=O)c3ccsc3)s2)cc1. The highest BCUT2D eigenvalue weighted by molar-refractivity contribution is 7.14. The minimum atomic E-state index is -0.722. The van der Waals surface area contributed by atoms with Gasteiger partial charge in [0.25, 0.3) is 0 Å². The van der Waals surface area contributed by atoms with Gasteiger partial charge < -0.3 is 10.6 Å². The molecule has 0 unspecified atom stereocenters. The van der Waals surface area contributed by atoms with E-state index in [4.69, 9.17) is 0 Å². The van der Waals surface area contributed by atoms with Crippen molar-refractivity contribution in [2.75, 3.05) is 5.32 Å². The monoisotopic (exact) mass is 384 g/mol. The molecule has 0 aliphatic heterocycles. The third-order valence-electron chi connectivity index (χ3n) is 3.61. The van der Waals surface area contributed by atoms with E-state index in [1.165, 1.54) is 22.7 Å². The van der Waals surface area contributed by atoms with Crippen molar-refractivity contribution in [1.29, 1.82) is 0 Å². The molecular weight excluding hydrogens is 368 g/mol. The molecular formula is C19H16N2O3S2. The van der Waals surface area contributed by atoms with E-state index in [0.717, 1.165) is 10.4 Å². The zero-order valence-electron chi connectivity index (χ0n) is 13.9. The van der Waals surface area contributed by atoms with E-state index in [1.807, 2.05) is 24.4 Å². The largest absolute Gasteiger partial charge is 0.343 e. The maximum atomic E-state index is 12.3. The molecule has 0 radical (unpaired) electrons. The highest BCUT2D eigenvalue weighted by Crippen LogP contribution is 2.21. The molecule has 2 aromatic heterocycles. The number of benzene rings is 1. The number of rotatable bonds is 5. The highest BCUT2D eigenvalue weighted by Gasteiger charge is 2.15. The van der Waals surface area contributed by atoms with Crippen molar-refractivity contribution in [2.24, 2.45) is 0 Å². The van der Waals surface area contributed by atoms with E-state index in [-0.39, 0.29) is 12.3 Å². The zero-order chi connectivity index (χ0) is 18.5. The Morgan fingerprint density at radius 3 is 2.42 bits per heavy atom. The Labute approximate surface area is 158 Å². The normalized spacial score (nSPS) is 10.3. The number of ketones is 1. The number of aryl methyl sites for hydroxylation is 1. The van der Waals surface area contributed by atoms with Crippen molar-refractivity contribution in [1.82, 2.24) is 5.32 Å². The third kappa shape index (κ3) is 4.44. The standard InChI is InChI=1S/C19H16N2O3S2/c1-12-2-4-14(5-3-12)21-19(24)18(23)20-10-15-6-7-16(26-15)17(22)13-8-9-25-11-13/h2-9,11H,10H2,1H3,(H,20,23)(H,21,24). The highest BCUT2D eigenvalue weighted by atomic mass is 32.1. The summed E-state index contributed by atoms with van der Waals surface area (Å²) >= 11 is 2.78. The smallest absolute Gasteiger partial charge is 0.313 e. The molecule has 7 heteroatoms. The average molecular weight is 384 g/mol. The summed E-state index contributed by atoms with van der Waals surface area (Å²) in [6.07, 6.45) is 0. The predicted molar refractivity (Wildman–Crippen MR) is 104 cm³/mol. The lowest BCUT2D eigenvalue weighted by Gasteiger charge is -2.06. The molecule has 0 atom stereocenters. The second-order valence-corrected chi connectivity index (χ2v) is 7.56. The fraction of sp³-hybridized carbons (Fsp3) is 0.105. The summed E-state index contributed by atoms with van der Waals surface area (Å²) in [7, 11) is 0. The van der Waals surface area contributed by atoms with Gasteiger partial charge in [-0.05, 0) is 42.6 Å². The second kappa shape index (κ2) is 8.07. The van der Waals surface area contributed by atoms with E-state index >= 15 is 0 Å². The van der Waals surface area contributed by atoms with Gasteiger partial charge in [0.2, 0.25) is 5.78 Å². The first kappa shape index (κ1) is 18.0. The van der Waals surface area contributed by atoms with Gasteiger partial charge in [0.15, 0.2) is 0 Å². The Bertz CT molecular complexity index is 928. The summed E-state index contributed by atoms with van der Waals surface area (Å²) in [5.41, 5.74) is 2.29. The molecule has 0 saturated carbocycles. The van der Waals surface area contributed by atoms with Gasteiger partial charge in [-0.25, -0.2) is 0 Å². The average Bonchev–Trinajstić information content (AvgIpc) is 3.33. The molecule has 0 saturated heterocycles. The Morgan fingerprint density at radius 1 is 0.962 bits per heavy atom. The predicted octanol–water partition coefficient (Wildman–Crippen LogP) is 3.60. The molecule has 0 fully saturated rings. The fourth-order valence-electron chi connectivity index (χ4n) is 2.20. The topological polar surface area (TPSA) is 75.3 Å². The van der Waals surface area contributed by atoms with Crippen LogP contribution in [-0.4, -0.2) is 17.6 Å². The van der Waals surface area contributed by atoms with Crippen molar-refractivity contribution in [2.45, 2.75) is 13.5 Å². The number of anilines is 1. The van der Waals surface area contributed by atoms with E-state index < -0.39 is 11.8 Å². The van der Waals surface area contributed by atoms with E-state index in [2.05, 4.69) is 10.6 Å². The number of hydrogen-bond acceptors (Lipinski definition) is 5. The van der Waals surface area contributed by atoms with Crippen LogP contribution in [0, 0.1) is 6.92 Å². The molecule has 0 aliphatic rings. The fourth-order valence-corrected chi connectivity index (χ4v) is 3.75. The molecule has 3 aromatic rings. The van der Waals surface area contributed by atoms with Gasteiger partial charge in [0.05, 0.1) is 11.4 Å². The van der Waals surface area contributed by atoms with Gasteiger partial charge in [-0.15, -0.1) is 11.3 Å². The van der Waals surface area contributed by atoms with Gasteiger partial charge in [0.1, 0.15) is 0 Å². The van der Waals surface area contributed by atoms with Gasteiger partial charge in [-0.2, -0.15) is 11.3 Å². The molecule has 0 spiro atoms. The third-order valence-corrected chi connectivity index (χ3v) is 5.37. The quantitative estimate of drug-likeness (QED) is 0.521. The zero-order valence-corrected chi connectivity index (χ0v) is 15.6. The Kier molecular flexibility index (Phi) is 5.60. The van der Waals surface area contributed by atoms with Crippen LogP contribution in [0.4, 0.5) is 5.69 Å². The summed E-state index contributed by atoms with van der Waals surface area (Å²) in [6.45, 7) is 2.14. The van der Waals surface area contributed by atoms with Crippen LogP contribution in [-0.2, 0) is 16.1 Å². The van der Waals surface area contributed by atoms with Crippen LogP contribution in [0.2, 0.25) is 0 Å².